The second-order valence-corrected chi connectivity index (χ2v) is 33.3. The molecule has 9 rings (SSSR count). The summed E-state index contributed by atoms with van der Waals surface area (Å²) in [6.07, 6.45) is 4.34. The van der Waals surface area contributed by atoms with Crippen LogP contribution in [0.15, 0.2) is 85.5 Å². The number of nitriles is 1. The molecule has 9 N–H and O–H groups in total. The topological polar surface area (TPSA) is 329 Å². The van der Waals surface area contributed by atoms with Crippen molar-refractivity contribution in [3.05, 3.63) is 157 Å². The lowest BCUT2D eigenvalue weighted by Crippen LogP contribution is -2.33. The number of carbonyl (C=O) groups is 3. The maximum Gasteiger partial charge on any atom is 0.251 e. The van der Waals surface area contributed by atoms with Gasteiger partial charge in [-0.05, 0) is 114 Å². The number of amides is 3. The second-order valence-electron chi connectivity index (χ2n) is 32.1. The molecule has 0 radical (unpaired) electrons. The maximum absolute atomic E-state index is 12.1. The fourth-order valence-corrected chi connectivity index (χ4v) is 12.5. The molecule has 0 aliphatic rings. The summed E-state index contributed by atoms with van der Waals surface area (Å²) in [4.78, 5) is 84.5. The number of rotatable bonds is 23. The van der Waals surface area contributed by atoms with Crippen molar-refractivity contribution in [2.75, 3.05) is 129 Å². The molecule has 27 nitrogen and oxygen atoms in total. The number of carbonyl (C=O) groups excluding carboxylic acids is 3. The highest BCUT2D eigenvalue weighted by atomic mass is 35.5. The minimum atomic E-state index is -0.150. The smallest absolute Gasteiger partial charge is 0.251 e. The van der Waals surface area contributed by atoms with Crippen molar-refractivity contribution in [1.29, 1.82) is 5.26 Å². The molecule has 9 aromatic rings. The molecule has 0 bridgehead atoms. The monoisotopic (exact) mass is 1590 g/mol. The molecule has 4 aromatic carbocycles. The van der Waals surface area contributed by atoms with Gasteiger partial charge in [0, 0.05) is 146 Å². The number of benzene rings is 4. The number of H-pyrrole nitrogens is 1. The summed E-state index contributed by atoms with van der Waals surface area (Å²) in [5, 5.41) is 41.9. The first-order valence-corrected chi connectivity index (χ1v) is 38.1. The quantitative estimate of drug-likeness (QED) is 0.0287. The Morgan fingerprint density at radius 1 is 0.446 bits per heavy atom. The van der Waals surface area contributed by atoms with Crippen molar-refractivity contribution in [3.63, 3.8) is 0 Å². The lowest BCUT2D eigenvalue weighted by atomic mass is 9.96. The van der Waals surface area contributed by atoms with Gasteiger partial charge in [0.2, 0.25) is 5.95 Å². The molecule has 112 heavy (non-hydrogen) atoms. The first kappa shape index (κ1) is 90.2. The molecule has 0 spiro atoms. The van der Waals surface area contributed by atoms with Crippen LogP contribution in [0.1, 0.15) is 173 Å². The third-order valence-corrected chi connectivity index (χ3v) is 17.9. The van der Waals surface area contributed by atoms with Crippen LogP contribution in [-0.4, -0.2) is 155 Å². The molecule has 0 saturated carbocycles. The minimum absolute atomic E-state index is 0. The van der Waals surface area contributed by atoms with E-state index in [2.05, 4.69) is 187 Å². The van der Waals surface area contributed by atoms with Crippen LogP contribution < -0.4 is 62.1 Å². The van der Waals surface area contributed by atoms with Gasteiger partial charge in [-0.1, -0.05) is 162 Å². The van der Waals surface area contributed by atoms with Crippen LogP contribution in [0.2, 0.25) is 15.1 Å². The molecule has 0 aliphatic heterocycles. The third-order valence-electron chi connectivity index (χ3n) is 16.8. The van der Waals surface area contributed by atoms with E-state index >= 15 is 0 Å². The highest BCUT2D eigenvalue weighted by Crippen LogP contribution is 2.39. The summed E-state index contributed by atoms with van der Waals surface area (Å²) >= 11 is 19.9. The van der Waals surface area contributed by atoms with Crippen molar-refractivity contribution in [2.24, 2.45) is 21.7 Å². The van der Waals surface area contributed by atoms with E-state index in [4.69, 9.17) is 44.8 Å². The van der Waals surface area contributed by atoms with Gasteiger partial charge in [-0.25, -0.2) is 34.9 Å². The molecule has 0 atom stereocenters. The van der Waals surface area contributed by atoms with E-state index in [1.54, 1.807) is 58.5 Å². The molecule has 30 heteroatoms. The van der Waals surface area contributed by atoms with Crippen LogP contribution in [0.4, 0.5) is 75.2 Å². The third kappa shape index (κ3) is 26.0. The summed E-state index contributed by atoms with van der Waals surface area (Å²) in [6, 6.07) is 24.6. The van der Waals surface area contributed by atoms with Crippen LogP contribution in [0, 0.1) is 60.7 Å². The van der Waals surface area contributed by atoms with Gasteiger partial charge in [0.1, 0.15) is 51.0 Å². The Morgan fingerprint density at radius 3 is 1.21 bits per heavy atom. The number of aromatic nitrogens is 11. The van der Waals surface area contributed by atoms with Gasteiger partial charge < -0.3 is 62.1 Å². The van der Waals surface area contributed by atoms with Crippen LogP contribution in [0.5, 0.6) is 0 Å². The van der Waals surface area contributed by atoms with Crippen LogP contribution in [-0.2, 0) is 12.8 Å². The average Bonchev–Trinajstić information content (AvgIpc) is 1.23. The van der Waals surface area contributed by atoms with Gasteiger partial charge >= 0.3 is 0 Å². The van der Waals surface area contributed by atoms with Crippen molar-refractivity contribution < 1.29 is 20.1 Å². The Labute approximate surface area is 682 Å². The molecular formula is C82H121Cl3N24O3. The van der Waals surface area contributed by atoms with Crippen molar-refractivity contribution in [3.8, 4) is 17.5 Å². The Hall–Kier alpha value is -10.7. The van der Waals surface area contributed by atoms with Gasteiger partial charge in [0.15, 0.2) is 52.4 Å². The summed E-state index contributed by atoms with van der Waals surface area (Å²) in [7, 11) is 14.5. The van der Waals surface area contributed by atoms with Crippen LogP contribution >= 0.6 is 34.8 Å². The molecule has 0 aliphatic carbocycles. The van der Waals surface area contributed by atoms with Gasteiger partial charge in [0.05, 0.1) is 0 Å². The zero-order valence-electron chi connectivity index (χ0n) is 69.9. The van der Waals surface area contributed by atoms with E-state index in [1.165, 1.54) is 12.7 Å². The van der Waals surface area contributed by atoms with E-state index in [9.17, 15) is 19.6 Å². The molecular weight excluding hydrogens is 1480 g/mol. The largest absolute Gasteiger partial charge is 0.372 e. The first-order chi connectivity index (χ1) is 52.4. The van der Waals surface area contributed by atoms with Crippen LogP contribution in [0.3, 0.4) is 0 Å². The fraction of sp³-hybridized carbons (Fsp3) is 0.439. The predicted octanol–water partition coefficient (Wildman–Crippen LogP) is 17.9. The minimum Gasteiger partial charge on any atom is -0.372 e. The Bertz CT molecular complexity index is 4790. The van der Waals surface area contributed by atoms with E-state index in [-0.39, 0.29) is 45.1 Å². The number of hydrogen-bond donors (Lipinski definition) is 9. The maximum atomic E-state index is 12.1. The number of anilines is 13. The molecule has 3 amide bonds. The van der Waals surface area contributed by atoms with E-state index in [0.29, 0.717) is 120 Å². The summed E-state index contributed by atoms with van der Waals surface area (Å²) in [5.41, 5.74) is 10.5. The number of halogens is 3. The molecule has 0 fully saturated rings. The lowest BCUT2D eigenvalue weighted by Gasteiger charge is -2.31. The highest BCUT2D eigenvalue weighted by molar-refractivity contribution is 6.36. The van der Waals surface area contributed by atoms with Gasteiger partial charge in [-0.2, -0.15) is 20.3 Å². The van der Waals surface area contributed by atoms with Crippen molar-refractivity contribution >= 4 is 128 Å². The van der Waals surface area contributed by atoms with Crippen molar-refractivity contribution in [1.82, 2.24) is 71.0 Å². The van der Waals surface area contributed by atoms with E-state index in [1.807, 2.05) is 122 Å². The highest BCUT2D eigenvalue weighted by Gasteiger charge is 2.27. The molecule has 5 heterocycles. The average molecular weight is 1600 g/mol. The standard InChI is InChI=1S/C25H39ClN6O.C21H30ClN5O.C20H24N8.C16H20ClN5O.4H2/c1-16-11-12-17(22(33)27-8)13-18(16)28-20-19(26)21(31(9)14-24(2,3)4)30-23(29-20)32(10)15-25(5,6)7;1-8-16-25-18(17(22)19(26-16)27(7)12-21(3,4)5)24-15-11-14(20(28)23-6)10-9-13(15)2;1-13-6-7-14(17-23-12-25-27-17)8-16(13)26-18-15(9-21)19(24-11-22-18)28(5)10-20(2,3)4;1-5-12-21-14(18-3)13(17)15(22-12)20-11-8-10(16(23)19-4)7-6-9(11)2;;;;/h11-13H,14-15H2,1-10H3,(H,27,33)(H,28,29,30);9-11H,8,12H2,1-7H3,(H,23,28)(H,24,25,26);6-8,11-12H,10H2,1-5H3,(H,22,24,26)(H,23,25,27);6-8H,5H2,1-4H3,(H,19,23)(H2,18,20,21,22);4*1H. The van der Waals surface area contributed by atoms with E-state index < -0.39 is 0 Å². The number of nitrogens with zero attached hydrogens (tertiary/aromatic N) is 15. The van der Waals surface area contributed by atoms with E-state index in [0.717, 1.165) is 76.7 Å². The van der Waals surface area contributed by atoms with Crippen molar-refractivity contribution in [2.45, 2.75) is 137 Å². The zero-order valence-corrected chi connectivity index (χ0v) is 72.2. The van der Waals surface area contributed by atoms with Crippen LogP contribution in [0.25, 0.3) is 11.4 Å². The fourth-order valence-electron chi connectivity index (χ4n) is 11.7. The lowest BCUT2D eigenvalue weighted by molar-refractivity contribution is 0.0955. The second kappa shape index (κ2) is 39.5. The number of aryl methyl sites for hydroxylation is 6. The molecule has 0 saturated heterocycles. The summed E-state index contributed by atoms with van der Waals surface area (Å²) < 4.78 is 0. The Morgan fingerprint density at radius 2 is 0.812 bits per heavy atom. The number of hydrogen-bond acceptors (Lipinski definition) is 23. The molecule has 608 valence electrons. The number of nitrogens with one attached hydrogen (secondary N) is 9. The number of aromatic amines is 1. The normalized spacial score (nSPS) is 11.2. The zero-order chi connectivity index (χ0) is 83.5. The predicted molar refractivity (Wildman–Crippen MR) is 469 cm³/mol. The molecule has 5 aromatic heterocycles. The van der Waals surface area contributed by atoms with Gasteiger partial charge in [-0.15, -0.1) is 0 Å². The summed E-state index contributed by atoms with van der Waals surface area (Å²) in [6.45, 7) is 41.0. The van der Waals surface area contributed by atoms with Gasteiger partial charge in [0.25, 0.3) is 17.7 Å². The summed E-state index contributed by atoms with van der Waals surface area (Å²) in [5.74, 6) is 6.81. The Kier molecular flexibility index (Phi) is 31.8. The Balaban J connectivity index is 0.000000522. The SMILES string of the molecule is CCc1nc(NC)c(Cl)c(Nc2cc(C(=O)NC)ccc2C)n1.CCc1nc(Nc2cc(C(=O)NC)ccc2C)c(Cl)c(N(C)CC(C)(C)C)n1.CNC(=O)c1ccc(C)c(Nc2nc(N(C)CC(C)(C)C)nc(N(C)CC(C)(C)C)c2Cl)c1.Cc1ccc(-c2ncn[nH]2)cc1Nc1ncnc(N(C)CC(C)(C)C)c1C#N.[HH].[HH].[HH].[HH]. The molecule has 0 unspecified atom stereocenters. The van der Waals surface area contributed by atoms with Gasteiger partial charge in [-0.3, -0.25) is 19.5 Å². The first-order valence-electron chi connectivity index (χ1n) is 36.9.